The van der Waals surface area contributed by atoms with E-state index in [1.54, 1.807) is 30.5 Å². The molecule has 0 atom stereocenters. The molecular formula is C24H19IrN2O2S-. The zero-order valence-corrected chi connectivity index (χ0v) is 19.9. The van der Waals surface area contributed by atoms with Gasteiger partial charge < -0.3 is 4.57 Å². The van der Waals surface area contributed by atoms with Gasteiger partial charge in [0.25, 0.3) is 0 Å². The van der Waals surface area contributed by atoms with Crippen molar-refractivity contribution in [1.29, 1.82) is 0 Å². The molecule has 1 aromatic heterocycles. The second-order valence-electron chi connectivity index (χ2n) is 7.49. The molecule has 3 aromatic carbocycles. The SMILES string of the molecule is Cc1cc(C)c(-n2ccnc2-c2[c-]cc3c(c2)S(=O)(=O)c2ccccc2-3)c(C)c1.[Ir]. The first kappa shape index (κ1) is 20.7. The molecule has 0 bridgehead atoms. The number of nitrogens with zero attached hydrogens (tertiary/aromatic N) is 2. The molecule has 1 aliphatic rings. The Balaban J connectivity index is 0.00000218. The third-order valence-electron chi connectivity index (χ3n) is 5.43. The van der Waals surface area contributed by atoms with Crippen molar-refractivity contribution in [2.75, 3.05) is 0 Å². The summed E-state index contributed by atoms with van der Waals surface area (Å²) >= 11 is 0. The summed E-state index contributed by atoms with van der Waals surface area (Å²) in [5.74, 6) is 0.675. The average Bonchev–Trinajstić information content (AvgIpc) is 3.23. The standard InChI is InChI=1S/C24H19N2O2S.Ir/c1-15-12-16(2)23(17(3)13-15)26-11-10-25-24(26)18-8-9-20-19-6-4-5-7-21(19)29(27,28)22(20)14-18;/h4-7,9-14H,1-3H3;/q-1;. The second kappa shape index (κ2) is 7.31. The van der Waals surface area contributed by atoms with E-state index in [-0.39, 0.29) is 20.1 Å². The van der Waals surface area contributed by atoms with Crippen LogP contribution in [0, 0.1) is 26.8 Å². The van der Waals surface area contributed by atoms with Gasteiger partial charge in [-0.3, -0.25) is 4.98 Å². The van der Waals surface area contributed by atoms with Crippen LogP contribution in [0.15, 0.2) is 70.7 Å². The van der Waals surface area contributed by atoms with E-state index in [0.29, 0.717) is 26.7 Å². The van der Waals surface area contributed by atoms with Gasteiger partial charge in [0.05, 0.1) is 10.7 Å². The number of fused-ring (bicyclic) bond motifs is 3. The van der Waals surface area contributed by atoms with Crippen LogP contribution in [0.4, 0.5) is 0 Å². The fraction of sp³-hybridized carbons (Fsp3) is 0.125. The Kier molecular flexibility index (Phi) is 5.05. The van der Waals surface area contributed by atoms with Gasteiger partial charge in [-0.25, -0.2) is 8.42 Å². The van der Waals surface area contributed by atoms with E-state index >= 15 is 0 Å². The molecule has 0 amide bonds. The zero-order chi connectivity index (χ0) is 20.3. The number of benzene rings is 3. The van der Waals surface area contributed by atoms with Crippen LogP contribution in [0.25, 0.3) is 28.2 Å². The molecule has 0 saturated heterocycles. The average molecular weight is 592 g/mol. The molecular weight excluding hydrogens is 573 g/mol. The topological polar surface area (TPSA) is 52.0 Å². The molecule has 0 fully saturated rings. The van der Waals surface area contributed by atoms with Crippen LogP contribution in [0.5, 0.6) is 0 Å². The smallest absolute Gasteiger partial charge is 0.189 e. The van der Waals surface area contributed by atoms with Gasteiger partial charge in [-0.1, -0.05) is 41.5 Å². The maximum Gasteiger partial charge on any atom is 0.189 e. The van der Waals surface area contributed by atoms with E-state index in [4.69, 9.17) is 0 Å². The molecule has 30 heavy (non-hydrogen) atoms. The van der Waals surface area contributed by atoms with E-state index < -0.39 is 9.84 Å². The van der Waals surface area contributed by atoms with Gasteiger partial charge in [0.2, 0.25) is 0 Å². The van der Waals surface area contributed by atoms with Crippen LogP contribution in [-0.2, 0) is 29.9 Å². The van der Waals surface area contributed by atoms with Gasteiger partial charge in [-0.05, 0) is 48.4 Å². The summed E-state index contributed by atoms with van der Waals surface area (Å²) in [4.78, 5) is 5.20. The number of imidazole rings is 1. The van der Waals surface area contributed by atoms with Crippen molar-refractivity contribution in [3.8, 4) is 28.2 Å². The summed E-state index contributed by atoms with van der Waals surface area (Å²) in [5.41, 5.74) is 6.64. The fourth-order valence-corrected chi connectivity index (χ4v) is 6.00. The Morgan fingerprint density at radius 3 is 2.37 bits per heavy atom. The summed E-state index contributed by atoms with van der Waals surface area (Å²) in [7, 11) is -3.53. The molecule has 4 aromatic rings. The van der Waals surface area contributed by atoms with Gasteiger partial charge in [-0.15, -0.1) is 23.8 Å². The van der Waals surface area contributed by atoms with Gasteiger partial charge in [0.1, 0.15) is 0 Å². The maximum atomic E-state index is 13.1. The summed E-state index contributed by atoms with van der Waals surface area (Å²) in [5, 5.41) is 0. The Labute approximate surface area is 189 Å². The van der Waals surface area contributed by atoms with E-state index in [1.165, 1.54) is 5.56 Å². The van der Waals surface area contributed by atoms with Gasteiger partial charge in [0.15, 0.2) is 9.84 Å². The van der Waals surface area contributed by atoms with Crippen LogP contribution < -0.4 is 0 Å². The van der Waals surface area contributed by atoms with E-state index in [2.05, 4.69) is 44.0 Å². The largest absolute Gasteiger partial charge is 0.340 e. The first-order valence-electron chi connectivity index (χ1n) is 9.40. The Morgan fingerprint density at radius 2 is 1.63 bits per heavy atom. The summed E-state index contributed by atoms with van der Waals surface area (Å²) in [6.45, 7) is 6.23. The number of hydrogen-bond acceptors (Lipinski definition) is 3. The summed E-state index contributed by atoms with van der Waals surface area (Å²) in [6, 6.07) is 18.1. The number of sulfone groups is 1. The quantitative estimate of drug-likeness (QED) is 0.269. The van der Waals surface area contributed by atoms with Gasteiger partial charge in [0, 0.05) is 38.2 Å². The first-order chi connectivity index (χ1) is 13.9. The molecule has 0 aliphatic carbocycles. The van der Waals surface area contributed by atoms with Gasteiger partial charge >= 0.3 is 0 Å². The van der Waals surface area contributed by atoms with E-state index in [9.17, 15) is 8.42 Å². The molecule has 0 unspecified atom stereocenters. The maximum absolute atomic E-state index is 13.1. The molecule has 6 heteroatoms. The van der Waals surface area contributed by atoms with Crippen LogP contribution in [0.3, 0.4) is 0 Å². The summed E-state index contributed by atoms with van der Waals surface area (Å²) < 4.78 is 28.1. The van der Waals surface area contributed by atoms with Crippen LogP contribution in [0.1, 0.15) is 16.7 Å². The Hall–Kier alpha value is -2.53. The molecule has 0 spiro atoms. The third-order valence-corrected chi connectivity index (χ3v) is 7.28. The zero-order valence-electron chi connectivity index (χ0n) is 16.7. The van der Waals surface area contributed by atoms with Gasteiger partial charge in [-0.2, -0.15) is 0 Å². The van der Waals surface area contributed by atoms with Crippen molar-refractivity contribution < 1.29 is 28.5 Å². The Bertz CT molecular complexity index is 1380. The minimum absolute atomic E-state index is 0. The Morgan fingerprint density at radius 1 is 0.933 bits per heavy atom. The van der Waals surface area contributed by atoms with Crippen molar-refractivity contribution in [1.82, 2.24) is 9.55 Å². The van der Waals surface area contributed by atoms with Crippen molar-refractivity contribution >= 4 is 9.84 Å². The van der Waals surface area contributed by atoms with Crippen LogP contribution in [-0.4, -0.2) is 18.0 Å². The molecule has 2 heterocycles. The predicted octanol–water partition coefficient (Wildman–Crippen LogP) is 5.08. The monoisotopic (exact) mass is 592 g/mol. The number of rotatable bonds is 2. The third kappa shape index (κ3) is 2.99. The molecule has 153 valence electrons. The van der Waals surface area contributed by atoms with Crippen molar-refractivity contribution in [2.45, 2.75) is 30.6 Å². The molecule has 5 rings (SSSR count). The minimum atomic E-state index is -3.53. The second-order valence-corrected chi connectivity index (χ2v) is 9.38. The normalized spacial score (nSPS) is 13.4. The van der Waals surface area contributed by atoms with Crippen molar-refractivity contribution in [3.05, 3.63) is 83.7 Å². The molecule has 0 saturated carbocycles. The number of aromatic nitrogens is 2. The van der Waals surface area contributed by atoms with Crippen molar-refractivity contribution in [2.24, 2.45) is 0 Å². The van der Waals surface area contributed by atoms with E-state index in [1.807, 2.05) is 22.9 Å². The van der Waals surface area contributed by atoms with Crippen molar-refractivity contribution in [3.63, 3.8) is 0 Å². The van der Waals surface area contributed by atoms with E-state index in [0.717, 1.165) is 22.4 Å². The minimum Gasteiger partial charge on any atom is -0.340 e. The summed E-state index contributed by atoms with van der Waals surface area (Å²) in [6.07, 6.45) is 3.64. The molecule has 1 radical (unpaired) electrons. The fourth-order valence-electron chi connectivity index (χ4n) is 4.31. The molecule has 1 aliphatic heterocycles. The van der Waals surface area contributed by atoms with Crippen LogP contribution in [0.2, 0.25) is 0 Å². The molecule has 0 N–H and O–H groups in total. The predicted molar refractivity (Wildman–Crippen MR) is 113 cm³/mol. The number of hydrogen-bond donors (Lipinski definition) is 0. The number of aryl methyl sites for hydroxylation is 3. The first-order valence-corrected chi connectivity index (χ1v) is 10.9. The molecule has 4 nitrogen and oxygen atoms in total. The van der Waals surface area contributed by atoms with Crippen LogP contribution >= 0.6 is 0 Å².